The summed E-state index contributed by atoms with van der Waals surface area (Å²) in [6, 6.07) is 15.3. The molecule has 0 fully saturated rings. The minimum Gasteiger partial charge on any atom is -0.355 e. The maximum absolute atomic E-state index is 3.54. The van der Waals surface area contributed by atoms with Gasteiger partial charge in [-0.2, -0.15) is 0 Å². The molecule has 0 bridgehead atoms. The van der Waals surface area contributed by atoms with Crippen LogP contribution in [0.4, 0.5) is 0 Å². The van der Waals surface area contributed by atoms with Crippen molar-refractivity contribution in [3.05, 3.63) is 48.0 Å². The van der Waals surface area contributed by atoms with Crippen LogP contribution in [0, 0.1) is 0 Å². The van der Waals surface area contributed by atoms with Crippen molar-refractivity contribution in [3.8, 4) is 0 Å². The molecule has 0 aliphatic carbocycles. The Hall–Kier alpha value is -1.51. The lowest BCUT2D eigenvalue weighted by atomic mass is 10.0. The highest BCUT2D eigenvalue weighted by Gasteiger charge is 2.09. The van der Waals surface area contributed by atoms with E-state index in [-0.39, 0.29) is 12.4 Å². The van der Waals surface area contributed by atoms with Gasteiger partial charge in [-0.05, 0) is 50.0 Å². The Balaban J connectivity index is 0.00000192. The molecule has 2 aromatic carbocycles. The lowest BCUT2D eigenvalue weighted by molar-refractivity contribution is 0.278. The minimum atomic E-state index is 0. The van der Waals surface area contributed by atoms with Gasteiger partial charge in [0.15, 0.2) is 0 Å². The number of hydrogen-bond acceptors (Lipinski definition) is 1. The van der Waals surface area contributed by atoms with E-state index in [4.69, 9.17) is 0 Å². The van der Waals surface area contributed by atoms with Gasteiger partial charge in [0.25, 0.3) is 0 Å². The van der Waals surface area contributed by atoms with Crippen LogP contribution in [0.3, 0.4) is 0 Å². The maximum Gasteiger partial charge on any atom is 0.0467 e. The van der Waals surface area contributed by atoms with E-state index >= 15 is 0 Å². The fourth-order valence-electron chi connectivity index (χ4n) is 3.43. The lowest BCUT2D eigenvalue weighted by Crippen LogP contribution is -2.27. The van der Waals surface area contributed by atoms with Crippen LogP contribution in [0.5, 0.6) is 0 Å². The average Bonchev–Trinajstić information content (AvgIpc) is 2.92. The van der Waals surface area contributed by atoms with Crippen LogP contribution < -0.4 is 0 Å². The van der Waals surface area contributed by atoms with Gasteiger partial charge >= 0.3 is 0 Å². The van der Waals surface area contributed by atoms with Gasteiger partial charge in [0, 0.05) is 28.4 Å². The summed E-state index contributed by atoms with van der Waals surface area (Å²) in [7, 11) is 0. The molecule has 0 amide bonds. The molecule has 0 radical (unpaired) electrons. The third kappa shape index (κ3) is 3.88. The Morgan fingerprint density at radius 2 is 1.52 bits per heavy atom. The monoisotopic (exact) mass is 330 g/mol. The van der Waals surface area contributed by atoms with Crippen LogP contribution >= 0.6 is 12.4 Å². The van der Waals surface area contributed by atoms with Gasteiger partial charge in [-0.15, -0.1) is 12.4 Å². The summed E-state index contributed by atoms with van der Waals surface area (Å²) in [5, 5.41) is 2.76. The Morgan fingerprint density at radius 3 is 2.26 bits per heavy atom. The van der Waals surface area contributed by atoms with Gasteiger partial charge < -0.3 is 9.88 Å². The minimum absolute atomic E-state index is 0. The van der Waals surface area contributed by atoms with E-state index < -0.39 is 0 Å². The quantitative estimate of drug-likeness (QED) is 0.614. The van der Waals surface area contributed by atoms with Gasteiger partial charge in [-0.25, -0.2) is 0 Å². The molecule has 0 aliphatic rings. The molecule has 2 nitrogen and oxygen atoms in total. The molecule has 0 saturated carbocycles. The second kappa shape index (κ2) is 8.37. The summed E-state index contributed by atoms with van der Waals surface area (Å²) < 4.78 is 0. The Bertz CT molecular complexity index is 742. The zero-order valence-electron chi connectivity index (χ0n) is 14.1. The molecule has 3 heteroatoms. The predicted octanol–water partition coefficient (Wildman–Crippen LogP) is 5.41. The predicted molar refractivity (Wildman–Crippen MR) is 104 cm³/mol. The second-order valence-electron chi connectivity index (χ2n) is 6.10. The van der Waals surface area contributed by atoms with Crippen molar-refractivity contribution in [2.75, 3.05) is 19.6 Å². The normalized spacial score (nSPS) is 11.3. The summed E-state index contributed by atoms with van der Waals surface area (Å²) in [5.41, 5.74) is 3.97. The largest absolute Gasteiger partial charge is 0.355 e. The van der Waals surface area contributed by atoms with Gasteiger partial charge in [-0.3, -0.25) is 0 Å². The first-order chi connectivity index (χ1) is 10.8. The third-order valence-corrected chi connectivity index (χ3v) is 4.39. The van der Waals surface area contributed by atoms with E-state index in [0.29, 0.717) is 0 Å². The zero-order valence-corrected chi connectivity index (χ0v) is 15.0. The summed E-state index contributed by atoms with van der Waals surface area (Å²) in [4.78, 5) is 6.13. The lowest BCUT2D eigenvalue weighted by Gasteiger charge is -2.21. The molecule has 1 N–H and O–H groups in total. The second-order valence-corrected chi connectivity index (χ2v) is 6.10. The Kier molecular flexibility index (Phi) is 6.49. The fraction of sp³-hybridized carbons (Fsp3) is 0.400. The van der Waals surface area contributed by atoms with E-state index in [2.05, 4.69) is 66.2 Å². The number of hydrogen-bond donors (Lipinski definition) is 1. The van der Waals surface area contributed by atoms with Crippen molar-refractivity contribution >= 4 is 34.2 Å². The van der Waals surface area contributed by atoms with Crippen molar-refractivity contribution in [1.29, 1.82) is 0 Å². The number of rotatable bonds is 7. The number of nitrogens with zero attached hydrogens (tertiary/aromatic N) is 1. The first-order valence-electron chi connectivity index (χ1n) is 8.54. The number of para-hydroxylation sites is 1. The number of nitrogens with one attached hydrogen (secondary N) is 1. The van der Waals surface area contributed by atoms with Gasteiger partial charge in [0.05, 0.1) is 0 Å². The standard InChI is InChI=1S/C20H26N2.ClH/c1-3-13-22(14-4-2)15-12-16-8-7-11-19-20(16)17-9-5-6-10-18(17)21-19;/h5-11,21H,3-4,12-15H2,1-2H3;1H. The molecule has 3 rings (SSSR count). The molecule has 0 spiro atoms. The molecular formula is C20H27ClN2. The molecular weight excluding hydrogens is 304 g/mol. The van der Waals surface area contributed by atoms with Crippen molar-refractivity contribution in [3.63, 3.8) is 0 Å². The molecule has 124 valence electrons. The number of H-pyrrole nitrogens is 1. The SMILES string of the molecule is CCCN(CCC)CCc1cccc2[nH]c3ccccc3c12.Cl. The molecule has 0 saturated heterocycles. The highest BCUT2D eigenvalue weighted by molar-refractivity contribution is 6.08. The molecule has 0 aliphatic heterocycles. The number of halogens is 1. The first-order valence-corrected chi connectivity index (χ1v) is 8.54. The molecule has 0 atom stereocenters. The Labute approximate surface area is 145 Å². The van der Waals surface area contributed by atoms with Crippen molar-refractivity contribution in [2.45, 2.75) is 33.1 Å². The summed E-state index contributed by atoms with van der Waals surface area (Å²) in [6.07, 6.45) is 3.59. The maximum atomic E-state index is 3.54. The topological polar surface area (TPSA) is 19.0 Å². The van der Waals surface area contributed by atoms with E-state index in [0.717, 1.165) is 13.0 Å². The smallest absolute Gasteiger partial charge is 0.0467 e. The zero-order chi connectivity index (χ0) is 15.4. The van der Waals surface area contributed by atoms with Crippen molar-refractivity contribution < 1.29 is 0 Å². The molecule has 1 heterocycles. The van der Waals surface area contributed by atoms with E-state index in [1.165, 1.54) is 53.3 Å². The van der Waals surface area contributed by atoms with Crippen LogP contribution in [-0.2, 0) is 6.42 Å². The number of benzene rings is 2. The highest BCUT2D eigenvalue weighted by atomic mass is 35.5. The van der Waals surface area contributed by atoms with Crippen molar-refractivity contribution in [2.24, 2.45) is 0 Å². The average molecular weight is 331 g/mol. The summed E-state index contributed by atoms with van der Waals surface area (Å²) in [6.45, 7) is 8.10. The summed E-state index contributed by atoms with van der Waals surface area (Å²) >= 11 is 0. The first kappa shape index (κ1) is 17.8. The van der Waals surface area contributed by atoms with Crippen LogP contribution in [-0.4, -0.2) is 29.5 Å². The van der Waals surface area contributed by atoms with Gasteiger partial charge in [0.1, 0.15) is 0 Å². The molecule has 3 aromatic rings. The fourth-order valence-corrected chi connectivity index (χ4v) is 3.43. The van der Waals surface area contributed by atoms with Crippen LogP contribution in [0.25, 0.3) is 21.8 Å². The van der Waals surface area contributed by atoms with Crippen LogP contribution in [0.2, 0.25) is 0 Å². The van der Waals surface area contributed by atoms with E-state index in [1.54, 1.807) is 0 Å². The van der Waals surface area contributed by atoms with E-state index in [1.807, 2.05) is 0 Å². The van der Waals surface area contributed by atoms with E-state index in [9.17, 15) is 0 Å². The van der Waals surface area contributed by atoms with Crippen molar-refractivity contribution in [1.82, 2.24) is 9.88 Å². The van der Waals surface area contributed by atoms with Crippen LogP contribution in [0.1, 0.15) is 32.3 Å². The van der Waals surface area contributed by atoms with Gasteiger partial charge in [0.2, 0.25) is 0 Å². The van der Waals surface area contributed by atoms with Gasteiger partial charge in [-0.1, -0.05) is 44.2 Å². The number of fused-ring (bicyclic) bond motifs is 3. The number of aromatic nitrogens is 1. The molecule has 1 aromatic heterocycles. The number of aromatic amines is 1. The highest BCUT2D eigenvalue weighted by Crippen LogP contribution is 2.28. The molecule has 23 heavy (non-hydrogen) atoms. The third-order valence-electron chi connectivity index (χ3n) is 4.39. The molecule has 0 unspecified atom stereocenters. The Morgan fingerprint density at radius 1 is 0.826 bits per heavy atom. The van der Waals surface area contributed by atoms with Crippen LogP contribution in [0.15, 0.2) is 42.5 Å². The summed E-state index contributed by atoms with van der Waals surface area (Å²) in [5.74, 6) is 0.